The Hall–Kier alpha value is -2.23. The standard InChI is InChI=1S/C16H19N5O/c1-11(14-5-3-13(9-17)4-6-14)21-7-8-22-15(10-21)16-18-12(2)19-20-16/h3-6,11,15H,7-8,10H2,1-2H3,(H,18,19,20)/t11-,15-/m0/s1. The number of hydrogen-bond donors (Lipinski definition) is 1. The van der Waals surface area contributed by atoms with Crippen LogP contribution in [0.1, 0.15) is 41.8 Å². The van der Waals surface area contributed by atoms with Gasteiger partial charge in [0.2, 0.25) is 0 Å². The molecule has 1 aliphatic rings. The largest absolute Gasteiger partial charge is 0.367 e. The third-order valence-corrected chi connectivity index (χ3v) is 4.07. The highest BCUT2D eigenvalue weighted by Crippen LogP contribution is 2.27. The van der Waals surface area contributed by atoms with E-state index in [1.54, 1.807) is 0 Å². The smallest absolute Gasteiger partial charge is 0.180 e. The van der Waals surface area contributed by atoms with Gasteiger partial charge in [0.1, 0.15) is 11.9 Å². The first kappa shape index (κ1) is 14.7. The molecule has 0 amide bonds. The van der Waals surface area contributed by atoms with Crippen molar-refractivity contribution in [3.8, 4) is 6.07 Å². The van der Waals surface area contributed by atoms with Crippen LogP contribution in [0.15, 0.2) is 24.3 Å². The fraction of sp³-hybridized carbons (Fsp3) is 0.438. The zero-order valence-corrected chi connectivity index (χ0v) is 12.8. The molecule has 1 saturated heterocycles. The predicted octanol–water partition coefficient (Wildman–Crippen LogP) is 2.12. The molecule has 3 rings (SSSR count). The summed E-state index contributed by atoms with van der Waals surface area (Å²) in [5.41, 5.74) is 1.89. The number of H-pyrrole nitrogens is 1. The van der Waals surface area contributed by atoms with E-state index in [4.69, 9.17) is 10.00 Å². The van der Waals surface area contributed by atoms with Gasteiger partial charge in [0, 0.05) is 19.1 Å². The van der Waals surface area contributed by atoms with Crippen LogP contribution in [0.2, 0.25) is 0 Å². The molecule has 0 aliphatic carbocycles. The molecule has 6 heteroatoms. The molecule has 0 bridgehead atoms. The van der Waals surface area contributed by atoms with E-state index in [9.17, 15) is 0 Å². The van der Waals surface area contributed by atoms with Gasteiger partial charge in [0.25, 0.3) is 0 Å². The molecule has 1 aliphatic heterocycles. The molecule has 114 valence electrons. The van der Waals surface area contributed by atoms with E-state index in [0.29, 0.717) is 18.0 Å². The second-order valence-corrected chi connectivity index (χ2v) is 5.54. The lowest BCUT2D eigenvalue weighted by atomic mass is 10.0. The van der Waals surface area contributed by atoms with Crippen LogP contribution in [-0.4, -0.2) is 39.8 Å². The quantitative estimate of drug-likeness (QED) is 0.939. The van der Waals surface area contributed by atoms with Crippen LogP contribution in [0.4, 0.5) is 0 Å². The number of aromatic amines is 1. The van der Waals surface area contributed by atoms with Crippen LogP contribution in [0.25, 0.3) is 0 Å². The summed E-state index contributed by atoms with van der Waals surface area (Å²) >= 11 is 0. The second kappa shape index (κ2) is 6.26. The maximum Gasteiger partial charge on any atom is 0.180 e. The first-order valence-electron chi connectivity index (χ1n) is 7.42. The lowest BCUT2D eigenvalue weighted by Gasteiger charge is -2.36. The highest BCUT2D eigenvalue weighted by Gasteiger charge is 2.28. The molecular formula is C16H19N5O. The van der Waals surface area contributed by atoms with Crippen LogP contribution >= 0.6 is 0 Å². The molecule has 22 heavy (non-hydrogen) atoms. The van der Waals surface area contributed by atoms with Gasteiger partial charge in [-0.05, 0) is 31.5 Å². The number of aromatic nitrogens is 3. The second-order valence-electron chi connectivity index (χ2n) is 5.54. The minimum atomic E-state index is -0.0977. The number of nitrogens with one attached hydrogen (secondary N) is 1. The first-order valence-corrected chi connectivity index (χ1v) is 7.42. The summed E-state index contributed by atoms with van der Waals surface area (Å²) in [4.78, 5) is 6.73. The molecule has 2 heterocycles. The normalized spacial score (nSPS) is 20.5. The molecule has 1 aromatic heterocycles. The first-order chi connectivity index (χ1) is 10.7. The summed E-state index contributed by atoms with van der Waals surface area (Å²) in [6.45, 7) is 6.36. The van der Waals surface area contributed by atoms with Crippen molar-refractivity contribution in [1.29, 1.82) is 5.26 Å². The highest BCUT2D eigenvalue weighted by molar-refractivity contribution is 5.32. The van der Waals surface area contributed by atoms with Gasteiger partial charge in [-0.2, -0.15) is 10.4 Å². The van der Waals surface area contributed by atoms with Gasteiger partial charge in [-0.3, -0.25) is 10.00 Å². The zero-order chi connectivity index (χ0) is 15.5. The molecule has 1 fully saturated rings. The van der Waals surface area contributed by atoms with Gasteiger partial charge in [-0.1, -0.05) is 12.1 Å². The number of morpholine rings is 1. The fourth-order valence-electron chi connectivity index (χ4n) is 2.73. The summed E-state index contributed by atoms with van der Waals surface area (Å²) in [6, 6.07) is 10.2. The van der Waals surface area contributed by atoms with E-state index in [-0.39, 0.29) is 12.1 Å². The predicted molar refractivity (Wildman–Crippen MR) is 81.0 cm³/mol. The van der Waals surface area contributed by atoms with Crippen molar-refractivity contribution in [3.63, 3.8) is 0 Å². The van der Waals surface area contributed by atoms with Gasteiger partial charge in [-0.25, -0.2) is 4.98 Å². The minimum Gasteiger partial charge on any atom is -0.367 e. The van der Waals surface area contributed by atoms with Crippen LogP contribution in [0, 0.1) is 18.3 Å². The van der Waals surface area contributed by atoms with Gasteiger partial charge >= 0.3 is 0 Å². The van der Waals surface area contributed by atoms with Crippen molar-refractivity contribution in [2.75, 3.05) is 19.7 Å². The molecule has 2 atom stereocenters. The Labute approximate surface area is 129 Å². The molecular weight excluding hydrogens is 278 g/mol. The third-order valence-electron chi connectivity index (χ3n) is 4.07. The average molecular weight is 297 g/mol. The highest BCUT2D eigenvalue weighted by atomic mass is 16.5. The van der Waals surface area contributed by atoms with Crippen molar-refractivity contribution in [2.24, 2.45) is 0 Å². The number of hydrogen-bond acceptors (Lipinski definition) is 5. The average Bonchev–Trinajstić information content (AvgIpc) is 3.01. The number of benzene rings is 1. The minimum absolute atomic E-state index is 0.0977. The zero-order valence-electron chi connectivity index (χ0n) is 12.8. The van der Waals surface area contributed by atoms with Crippen LogP contribution in [0.5, 0.6) is 0 Å². The molecule has 0 radical (unpaired) electrons. The molecule has 1 N–H and O–H groups in total. The number of nitrogens with zero attached hydrogens (tertiary/aromatic N) is 4. The summed E-state index contributed by atoms with van der Waals surface area (Å²) in [7, 11) is 0. The number of rotatable bonds is 3. The Morgan fingerprint density at radius 2 is 2.18 bits per heavy atom. The lowest BCUT2D eigenvalue weighted by Crippen LogP contribution is -2.40. The van der Waals surface area contributed by atoms with Gasteiger partial charge in [-0.15, -0.1) is 0 Å². The Morgan fingerprint density at radius 1 is 1.41 bits per heavy atom. The van der Waals surface area contributed by atoms with E-state index in [0.717, 1.165) is 18.9 Å². The van der Waals surface area contributed by atoms with Gasteiger partial charge in [0.15, 0.2) is 5.82 Å². The Kier molecular flexibility index (Phi) is 4.18. The molecule has 1 aromatic carbocycles. The van der Waals surface area contributed by atoms with Crippen molar-refractivity contribution in [3.05, 3.63) is 47.0 Å². The summed E-state index contributed by atoms with van der Waals surface area (Å²) < 4.78 is 5.80. The SMILES string of the molecule is Cc1nc([C@@H]2CN([C@@H](C)c3ccc(C#N)cc3)CCO2)n[nH]1. The number of aryl methyl sites for hydroxylation is 1. The lowest BCUT2D eigenvalue weighted by molar-refractivity contribution is -0.0470. The monoisotopic (exact) mass is 297 g/mol. The van der Waals surface area contributed by atoms with Crippen molar-refractivity contribution in [1.82, 2.24) is 20.1 Å². The Bertz CT molecular complexity index is 673. The van der Waals surface area contributed by atoms with Gasteiger partial charge < -0.3 is 4.74 Å². The van der Waals surface area contributed by atoms with E-state index < -0.39 is 0 Å². The van der Waals surface area contributed by atoms with Crippen molar-refractivity contribution in [2.45, 2.75) is 26.0 Å². The Morgan fingerprint density at radius 3 is 2.82 bits per heavy atom. The number of ether oxygens (including phenoxy) is 1. The Balaban J connectivity index is 1.72. The van der Waals surface area contributed by atoms with Crippen LogP contribution in [0.3, 0.4) is 0 Å². The maximum absolute atomic E-state index is 8.88. The van der Waals surface area contributed by atoms with E-state index in [1.807, 2.05) is 31.2 Å². The molecule has 2 aromatic rings. The summed E-state index contributed by atoms with van der Waals surface area (Å²) in [5, 5.41) is 16.0. The molecule has 0 spiro atoms. The number of nitriles is 1. The topological polar surface area (TPSA) is 77.8 Å². The van der Waals surface area contributed by atoms with Gasteiger partial charge in [0.05, 0.1) is 18.2 Å². The van der Waals surface area contributed by atoms with E-state index in [1.165, 1.54) is 5.56 Å². The van der Waals surface area contributed by atoms with E-state index in [2.05, 4.69) is 33.1 Å². The van der Waals surface area contributed by atoms with Crippen molar-refractivity contribution < 1.29 is 4.74 Å². The summed E-state index contributed by atoms with van der Waals surface area (Å²) in [6.07, 6.45) is -0.0977. The van der Waals surface area contributed by atoms with Crippen molar-refractivity contribution >= 4 is 0 Å². The van der Waals surface area contributed by atoms with Crippen LogP contribution < -0.4 is 0 Å². The maximum atomic E-state index is 8.88. The fourth-order valence-corrected chi connectivity index (χ4v) is 2.73. The molecule has 0 unspecified atom stereocenters. The summed E-state index contributed by atoms with van der Waals surface area (Å²) in [5.74, 6) is 1.52. The molecule has 0 saturated carbocycles. The van der Waals surface area contributed by atoms with E-state index >= 15 is 0 Å². The van der Waals surface area contributed by atoms with Crippen LogP contribution in [-0.2, 0) is 4.74 Å². The molecule has 6 nitrogen and oxygen atoms in total. The third kappa shape index (κ3) is 3.01.